The maximum absolute atomic E-state index is 12.4. The minimum Gasteiger partial charge on any atom is -0.454 e. The van der Waals surface area contributed by atoms with Crippen molar-refractivity contribution in [3.63, 3.8) is 0 Å². The van der Waals surface area contributed by atoms with E-state index < -0.39 is 9.02 Å². The monoisotopic (exact) mass is 517 g/mol. The molecule has 3 rings (SSSR count). The average molecular weight is 517 g/mol. The lowest BCUT2D eigenvalue weighted by Crippen LogP contribution is -2.34. The van der Waals surface area contributed by atoms with Crippen molar-refractivity contribution in [3.8, 4) is 0 Å². The van der Waals surface area contributed by atoms with Crippen LogP contribution in [-0.2, 0) is 26.0 Å². The summed E-state index contributed by atoms with van der Waals surface area (Å²) in [6.45, 7) is 7.61. The topological polar surface area (TPSA) is 26.3 Å². The molecule has 3 aromatic rings. The standard InChI is InChI=1S/C25H26IO2S/c1-24(2,26)23(27)28-25(3,4)19-15-17-22(18-16-19)29(20-11-7-5-8-12-20)21-13-9-6-10-14-21/h5-18H,1-4H3/q+1. The second-order valence-corrected chi connectivity index (χ2v) is 12.6. The fraction of sp³-hybridized carbons (Fsp3) is 0.240. The first-order chi connectivity index (χ1) is 13.7. The SMILES string of the molecule is CC(C)(I)C(=O)OC(C)(C)c1ccc([S+](c2ccccc2)c2ccccc2)cc1. The van der Waals surface area contributed by atoms with Crippen molar-refractivity contribution in [2.75, 3.05) is 0 Å². The van der Waals surface area contributed by atoms with Gasteiger partial charge in [-0.1, -0.05) is 71.1 Å². The van der Waals surface area contributed by atoms with E-state index in [4.69, 9.17) is 4.74 Å². The van der Waals surface area contributed by atoms with Crippen molar-refractivity contribution in [2.45, 2.75) is 51.4 Å². The van der Waals surface area contributed by atoms with Gasteiger partial charge in [0, 0.05) is 0 Å². The number of esters is 1. The Morgan fingerprint density at radius 1 is 0.724 bits per heavy atom. The van der Waals surface area contributed by atoms with Crippen LogP contribution >= 0.6 is 22.6 Å². The predicted octanol–water partition coefficient (Wildman–Crippen LogP) is 6.77. The van der Waals surface area contributed by atoms with Gasteiger partial charge >= 0.3 is 5.97 Å². The van der Waals surface area contributed by atoms with Crippen LogP contribution in [0.2, 0.25) is 0 Å². The fourth-order valence-corrected chi connectivity index (χ4v) is 5.12. The molecule has 0 unspecified atom stereocenters. The Hall–Kier alpha value is -1.79. The molecule has 0 aliphatic heterocycles. The van der Waals surface area contributed by atoms with Crippen molar-refractivity contribution in [1.29, 1.82) is 0 Å². The van der Waals surface area contributed by atoms with Crippen LogP contribution < -0.4 is 0 Å². The first-order valence-corrected chi connectivity index (χ1v) is 11.9. The zero-order chi connectivity index (χ0) is 21.1. The lowest BCUT2D eigenvalue weighted by Gasteiger charge is -2.29. The summed E-state index contributed by atoms with van der Waals surface area (Å²) in [5, 5.41) is 0. The third-order valence-corrected chi connectivity index (χ3v) is 7.25. The number of carbonyl (C=O) groups is 1. The fourth-order valence-electron chi connectivity index (χ4n) is 2.93. The number of hydrogen-bond donors (Lipinski definition) is 0. The van der Waals surface area contributed by atoms with Crippen LogP contribution in [0, 0.1) is 0 Å². The van der Waals surface area contributed by atoms with Crippen molar-refractivity contribution in [1.82, 2.24) is 0 Å². The van der Waals surface area contributed by atoms with Gasteiger partial charge < -0.3 is 4.74 Å². The van der Waals surface area contributed by atoms with Crippen molar-refractivity contribution >= 4 is 39.5 Å². The van der Waals surface area contributed by atoms with Crippen molar-refractivity contribution in [3.05, 3.63) is 90.5 Å². The van der Waals surface area contributed by atoms with E-state index in [1.54, 1.807) is 0 Å². The van der Waals surface area contributed by atoms with Gasteiger partial charge in [-0.3, -0.25) is 4.79 Å². The maximum atomic E-state index is 12.4. The Bertz CT molecular complexity index is 906. The number of rotatable bonds is 6. The van der Waals surface area contributed by atoms with E-state index >= 15 is 0 Å². The summed E-state index contributed by atoms with van der Waals surface area (Å²) in [7, 11) is -0.183. The van der Waals surface area contributed by atoms with Crippen LogP contribution in [0.15, 0.2) is 99.6 Å². The molecule has 2 nitrogen and oxygen atoms in total. The van der Waals surface area contributed by atoms with Crippen LogP contribution in [0.25, 0.3) is 0 Å². The summed E-state index contributed by atoms with van der Waals surface area (Å²) in [6.07, 6.45) is 0. The summed E-state index contributed by atoms with van der Waals surface area (Å²) in [6, 6.07) is 29.6. The Morgan fingerprint density at radius 3 is 1.55 bits per heavy atom. The quantitative estimate of drug-likeness (QED) is 0.156. The number of hydrogen-bond acceptors (Lipinski definition) is 2. The molecule has 0 aliphatic rings. The number of benzene rings is 3. The Morgan fingerprint density at radius 2 is 1.14 bits per heavy atom. The molecule has 29 heavy (non-hydrogen) atoms. The molecule has 0 atom stereocenters. The van der Waals surface area contributed by atoms with E-state index in [-0.39, 0.29) is 16.9 Å². The van der Waals surface area contributed by atoms with Crippen molar-refractivity contribution < 1.29 is 9.53 Å². The minimum absolute atomic E-state index is 0.183. The molecular weight excluding hydrogens is 491 g/mol. The van der Waals surface area contributed by atoms with Gasteiger partial charge in [-0.05, 0) is 69.7 Å². The summed E-state index contributed by atoms with van der Waals surface area (Å²) in [4.78, 5) is 16.2. The molecule has 0 aliphatic carbocycles. The number of ether oxygens (including phenoxy) is 1. The van der Waals surface area contributed by atoms with Gasteiger partial charge in [-0.15, -0.1) is 0 Å². The van der Waals surface area contributed by atoms with Gasteiger partial charge in [0.05, 0.1) is 10.9 Å². The molecule has 0 amide bonds. The van der Waals surface area contributed by atoms with Gasteiger partial charge in [0.25, 0.3) is 0 Å². The summed E-state index contributed by atoms with van der Waals surface area (Å²) in [5.74, 6) is -0.208. The molecule has 0 fully saturated rings. The third-order valence-electron chi connectivity index (χ3n) is 4.58. The molecule has 150 valence electrons. The maximum Gasteiger partial charge on any atom is 0.322 e. The van der Waals surface area contributed by atoms with Gasteiger partial charge in [0.15, 0.2) is 14.7 Å². The van der Waals surface area contributed by atoms with E-state index in [2.05, 4.69) is 95.4 Å². The zero-order valence-corrected chi connectivity index (χ0v) is 20.2. The van der Waals surface area contributed by atoms with Gasteiger partial charge in [0.1, 0.15) is 9.02 Å². The number of carbonyl (C=O) groups excluding carboxylic acids is 1. The first kappa shape index (κ1) is 21.9. The van der Waals surface area contributed by atoms with E-state index in [1.165, 1.54) is 14.7 Å². The molecule has 0 saturated heterocycles. The zero-order valence-electron chi connectivity index (χ0n) is 17.2. The minimum atomic E-state index is -0.684. The summed E-state index contributed by atoms with van der Waals surface area (Å²) in [5.41, 5.74) is 0.302. The Kier molecular flexibility index (Phi) is 6.74. The second kappa shape index (κ2) is 8.92. The van der Waals surface area contributed by atoms with Gasteiger partial charge in [0.2, 0.25) is 0 Å². The molecular formula is C25H26IO2S+. The highest BCUT2D eigenvalue weighted by Gasteiger charge is 2.34. The van der Waals surface area contributed by atoms with Crippen LogP contribution in [0.3, 0.4) is 0 Å². The highest BCUT2D eigenvalue weighted by Crippen LogP contribution is 2.34. The third kappa shape index (κ3) is 5.43. The second-order valence-electron chi connectivity index (χ2n) is 7.83. The van der Waals surface area contributed by atoms with Crippen LogP contribution in [0.1, 0.15) is 33.3 Å². The molecule has 4 heteroatoms. The normalized spacial score (nSPS) is 12.1. The molecule has 0 N–H and O–H groups in total. The first-order valence-electron chi connectivity index (χ1n) is 9.56. The van der Waals surface area contributed by atoms with Crippen LogP contribution in [0.5, 0.6) is 0 Å². The molecule has 0 bridgehead atoms. The summed E-state index contributed by atoms with van der Waals surface area (Å²) >= 11 is 2.12. The number of halogens is 1. The van der Waals surface area contributed by atoms with E-state index in [9.17, 15) is 4.79 Å². The largest absolute Gasteiger partial charge is 0.454 e. The van der Waals surface area contributed by atoms with E-state index in [0.29, 0.717) is 0 Å². The molecule has 0 heterocycles. The van der Waals surface area contributed by atoms with Gasteiger partial charge in [-0.25, -0.2) is 0 Å². The average Bonchev–Trinajstić information content (AvgIpc) is 2.69. The molecule has 3 aromatic carbocycles. The van der Waals surface area contributed by atoms with Crippen LogP contribution in [0.4, 0.5) is 0 Å². The number of alkyl halides is 1. The highest BCUT2D eigenvalue weighted by atomic mass is 127. The summed E-state index contributed by atoms with van der Waals surface area (Å²) < 4.78 is 5.26. The highest BCUT2D eigenvalue weighted by molar-refractivity contribution is 14.1. The Balaban J connectivity index is 1.93. The van der Waals surface area contributed by atoms with E-state index in [1.807, 2.05) is 39.8 Å². The lowest BCUT2D eigenvalue weighted by atomic mass is 9.98. The molecule has 0 aromatic heterocycles. The van der Waals surface area contributed by atoms with Gasteiger partial charge in [-0.2, -0.15) is 0 Å². The van der Waals surface area contributed by atoms with Crippen molar-refractivity contribution in [2.24, 2.45) is 0 Å². The lowest BCUT2D eigenvalue weighted by molar-refractivity contribution is -0.158. The van der Waals surface area contributed by atoms with Crippen LogP contribution in [-0.4, -0.2) is 9.39 Å². The molecule has 0 saturated carbocycles. The predicted molar refractivity (Wildman–Crippen MR) is 129 cm³/mol. The molecule has 0 spiro atoms. The molecule has 0 radical (unpaired) electrons. The van der Waals surface area contributed by atoms with E-state index in [0.717, 1.165) is 5.56 Å². The Labute approximate surface area is 190 Å². The smallest absolute Gasteiger partial charge is 0.322 e.